The van der Waals surface area contributed by atoms with Crippen LogP contribution >= 0.6 is 0 Å². The molecule has 1 atom stereocenters. The van der Waals surface area contributed by atoms with Crippen molar-refractivity contribution in [2.24, 2.45) is 11.7 Å². The molecule has 22 heavy (non-hydrogen) atoms. The van der Waals surface area contributed by atoms with Crippen LogP contribution in [0.3, 0.4) is 0 Å². The lowest BCUT2D eigenvalue weighted by atomic mass is 9.97. The molecule has 0 fully saturated rings. The molecule has 0 saturated heterocycles. The normalized spacial score (nSPS) is 11.9. The van der Waals surface area contributed by atoms with Gasteiger partial charge < -0.3 is 15.8 Å². The van der Waals surface area contributed by atoms with E-state index in [9.17, 15) is 9.59 Å². The topological polar surface area (TPSA) is 81.4 Å². The molecule has 0 aliphatic carbocycles. The standard InChI is InChI=1S/C17H20N2O3/c1-22-17(21)15(11-19-16(20)10-18)9-12-6-7-13-4-2-3-5-14(13)8-12/h2-8,15H,9-11,18H2,1H3,(H,19,20). The maximum Gasteiger partial charge on any atom is 0.310 e. The first-order valence-corrected chi connectivity index (χ1v) is 7.16. The highest BCUT2D eigenvalue weighted by Gasteiger charge is 2.20. The number of rotatable bonds is 6. The minimum Gasteiger partial charge on any atom is -0.469 e. The van der Waals surface area contributed by atoms with Crippen LogP contribution in [0.25, 0.3) is 10.8 Å². The SMILES string of the molecule is COC(=O)C(CNC(=O)CN)Cc1ccc2ccccc2c1. The molecule has 0 heterocycles. The molecule has 2 rings (SSSR count). The van der Waals surface area contributed by atoms with Crippen LogP contribution in [0.15, 0.2) is 42.5 Å². The zero-order chi connectivity index (χ0) is 15.9. The van der Waals surface area contributed by atoms with Gasteiger partial charge in [-0.1, -0.05) is 42.5 Å². The molecule has 3 N–H and O–H groups in total. The summed E-state index contributed by atoms with van der Waals surface area (Å²) in [5, 5.41) is 4.91. The number of benzene rings is 2. The molecule has 0 saturated carbocycles. The van der Waals surface area contributed by atoms with E-state index < -0.39 is 5.92 Å². The Morgan fingerprint density at radius 1 is 1.18 bits per heavy atom. The minimum absolute atomic E-state index is 0.0934. The Kier molecular flexibility index (Phi) is 5.49. The number of methoxy groups -OCH3 is 1. The van der Waals surface area contributed by atoms with Crippen LogP contribution in [0.5, 0.6) is 0 Å². The van der Waals surface area contributed by atoms with Gasteiger partial charge in [0.1, 0.15) is 0 Å². The molecule has 0 radical (unpaired) electrons. The number of esters is 1. The van der Waals surface area contributed by atoms with Crippen molar-refractivity contribution < 1.29 is 14.3 Å². The zero-order valence-corrected chi connectivity index (χ0v) is 12.5. The van der Waals surface area contributed by atoms with Gasteiger partial charge in [0.05, 0.1) is 19.6 Å². The Bertz CT molecular complexity index is 670. The van der Waals surface area contributed by atoms with Gasteiger partial charge in [-0.25, -0.2) is 0 Å². The van der Waals surface area contributed by atoms with Crippen molar-refractivity contribution in [1.29, 1.82) is 0 Å². The molecule has 2 aromatic rings. The summed E-state index contributed by atoms with van der Waals surface area (Å²) in [6.45, 7) is 0.124. The summed E-state index contributed by atoms with van der Waals surface area (Å²) in [5.74, 6) is -1.06. The van der Waals surface area contributed by atoms with Crippen molar-refractivity contribution in [3.8, 4) is 0 Å². The molecule has 116 valence electrons. The lowest BCUT2D eigenvalue weighted by Gasteiger charge is -2.15. The lowest BCUT2D eigenvalue weighted by Crippen LogP contribution is -2.37. The predicted molar refractivity (Wildman–Crippen MR) is 85.2 cm³/mol. The van der Waals surface area contributed by atoms with Crippen molar-refractivity contribution in [1.82, 2.24) is 5.32 Å². The molecule has 2 aromatic carbocycles. The van der Waals surface area contributed by atoms with Gasteiger partial charge in [0.25, 0.3) is 0 Å². The van der Waals surface area contributed by atoms with Gasteiger partial charge in [-0.3, -0.25) is 9.59 Å². The molecule has 0 spiro atoms. The Hall–Kier alpha value is -2.40. The summed E-state index contributed by atoms with van der Waals surface area (Å²) >= 11 is 0. The number of ether oxygens (including phenoxy) is 1. The molecular formula is C17H20N2O3. The summed E-state index contributed by atoms with van der Waals surface area (Å²) in [4.78, 5) is 23.1. The number of carbonyl (C=O) groups is 2. The number of hydrogen-bond acceptors (Lipinski definition) is 4. The first-order chi connectivity index (χ1) is 10.6. The van der Waals surface area contributed by atoms with Crippen LogP contribution in [0.2, 0.25) is 0 Å². The van der Waals surface area contributed by atoms with E-state index in [1.807, 2.05) is 36.4 Å². The number of amides is 1. The van der Waals surface area contributed by atoms with Crippen molar-refractivity contribution in [3.05, 3.63) is 48.0 Å². The van der Waals surface area contributed by atoms with Gasteiger partial charge in [0.2, 0.25) is 5.91 Å². The van der Waals surface area contributed by atoms with E-state index in [1.54, 1.807) is 0 Å². The van der Waals surface area contributed by atoms with Crippen LogP contribution in [-0.2, 0) is 20.7 Å². The van der Waals surface area contributed by atoms with Crippen LogP contribution in [0.4, 0.5) is 0 Å². The molecule has 1 unspecified atom stereocenters. The average molecular weight is 300 g/mol. The van der Waals surface area contributed by atoms with Gasteiger partial charge in [-0.2, -0.15) is 0 Å². The number of nitrogens with one attached hydrogen (secondary N) is 1. The third-order valence-corrected chi connectivity index (χ3v) is 3.56. The highest BCUT2D eigenvalue weighted by Crippen LogP contribution is 2.18. The summed E-state index contributed by atoms with van der Waals surface area (Å²) in [5.41, 5.74) is 6.28. The Labute approximate surface area is 129 Å². The monoisotopic (exact) mass is 300 g/mol. The summed E-state index contributed by atoms with van der Waals surface area (Å²) < 4.78 is 4.82. The number of fused-ring (bicyclic) bond motifs is 1. The van der Waals surface area contributed by atoms with E-state index in [0.29, 0.717) is 6.42 Å². The molecule has 0 aliphatic heterocycles. The third-order valence-electron chi connectivity index (χ3n) is 3.56. The second kappa shape index (κ2) is 7.56. The van der Waals surface area contributed by atoms with Crippen LogP contribution in [0, 0.1) is 5.92 Å². The molecule has 0 bridgehead atoms. The molecule has 0 aromatic heterocycles. The summed E-state index contributed by atoms with van der Waals surface area (Å²) in [7, 11) is 1.35. The third kappa shape index (κ3) is 4.05. The fraction of sp³-hybridized carbons (Fsp3) is 0.294. The highest BCUT2D eigenvalue weighted by molar-refractivity contribution is 5.83. The van der Waals surface area contributed by atoms with Crippen LogP contribution < -0.4 is 11.1 Å². The number of carbonyl (C=O) groups excluding carboxylic acids is 2. The van der Waals surface area contributed by atoms with E-state index in [2.05, 4.69) is 11.4 Å². The van der Waals surface area contributed by atoms with E-state index in [4.69, 9.17) is 10.5 Å². The first kappa shape index (κ1) is 16.0. The van der Waals surface area contributed by atoms with Crippen molar-refractivity contribution in [2.45, 2.75) is 6.42 Å². The molecule has 0 aliphatic rings. The number of nitrogens with two attached hydrogens (primary N) is 1. The zero-order valence-electron chi connectivity index (χ0n) is 12.5. The quantitative estimate of drug-likeness (QED) is 0.787. The number of hydrogen-bond donors (Lipinski definition) is 2. The Morgan fingerprint density at radius 2 is 1.91 bits per heavy atom. The fourth-order valence-corrected chi connectivity index (χ4v) is 2.36. The lowest BCUT2D eigenvalue weighted by molar-refractivity contribution is -0.145. The predicted octanol–water partition coefficient (Wildman–Crippen LogP) is 1.25. The summed E-state index contributed by atoms with van der Waals surface area (Å²) in [6.07, 6.45) is 0.502. The molecular weight excluding hydrogens is 280 g/mol. The molecule has 5 nitrogen and oxygen atoms in total. The first-order valence-electron chi connectivity index (χ1n) is 7.16. The van der Waals surface area contributed by atoms with E-state index in [0.717, 1.165) is 16.3 Å². The van der Waals surface area contributed by atoms with E-state index >= 15 is 0 Å². The second-order valence-electron chi connectivity index (χ2n) is 5.11. The van der Waals surface area contributed by atoms with Crippen LogP contribution in [0.1, 0.15) is 5.56 Å². The fourth-order valence-electron chi connectivity index (χ4n) is 2.36. The van der Waals surface area contributed by atoms with Gasteiger partial charge in [-0.15, -0.1) is 0 Å². The second-order valence-corrected chi connectivity index (χ2v) is 5.11. The average Bonchev–Trinajstić information content (AvgIpc) is 2.57. The maximum absolute atomic E-state index is 11.9. The largest absolute Gasteiger partial charge is 0.469 e. The summed E-state index contributed by atoms with van der Waals surface area (Å²) in [6, 6.07) is 14.1. The van der Waals surface area contributed by atoms with Crippen LogP contribution in [-0.4, -0.2) is 32.1 Å². The Balaban J connectivity index is 2.13. The van der Waals surface area contributed by atoms with Crippen molar-refractivity contribution in [2.75, 3.05) is 20.2 Å². The van der Waals surface area contributed by atoms with Crippen molar-refractivity contribution >= 4 is 22.6 Å². The van der Waals surface area contributed by atoms with Gasteiger partial charge in [0, 0.05) is 6.54 Å². The minimum atomic E-state index is -0.429. The van der Waals surface area contributed by atoms with E-state index in [-0.39, 0.29) is 25.0 Å². The smallest absolute Gasteiger partial charge is 0.310 e. The Morgan fingerprint density at radius 3 is 2.59 bits per heavy atom. The highest BCUT2D eigenvalue weighted by atomic mass is 16.5. The molecule has 5 heteroatoms. The molecule has 1 amide bonds. The van der Waals surface area contributed by atoms with Gasteiger partial charge in [-0.05, 0) is 22.8 Å². The van der Waals surface area contributed by atoms with Gasteiger partial charge >= 0.3 is 5.97 Å². The maximum atomic E-state index is 11.9. The van der Waals surface area contributed by atoms with Crippen molar-refractivity contribution in [3.63, 3.8) is 0 Å². The van der Waals surface area contributed by atoms with Gasteiger partial charge in [0.15, 0.2) is 0 Å². The van der Waals surface area contributed by atoms with E-state index in [1.165, 1.54) is 7.11 Å².